The number of nitrogens with one attached hydrogen (secondary N) is 1. The van der Waals surface area contributed by atoms with E-state index in [1.807, 2.05) is 0 Å². The van der Waals surface area contributed by atoms with Crippen LogP contribution in [0.3, 0.4) is 0 Å². The van der Waals surface area contributed by atoms with Crippen molar-refractivity contribution in [3.63, 3.8) is 0 Å². The minimum atomic E-state index is -3.82. The minimum absolute atomic E-state index is 0.0905. The second kappa shape index (κ2) is 6.86. The van der Waals surface area contributed by atoms with E-state index in [2.05, 4.69) is 4.72 Å². The van der Waals surface area contributed by atoms with Crippen molar-refractivity contribution in [1.82, 2.24) is 4.72 Å². The summed E-state index contributed by atoms with van der Waals surface area (Å²) in [6, 6.07) is 5.59. The molecule has 24 heavy (non-hydrogen) atoms. The summed E-state index contributed by atoms with van der Waals surface area (Å²) in [4.78, 5) is 0.0905. The van der Waals surface area contributed by atoms with Crippen molar-refractivity contribution in [2.45, 2.75) is 31.7 Å². The Balaban J connectivity index is 2.32. The van der Waals surface area contributed by atoms with Gasteiger partial charge < -0.3 is 4.74 Å². The SMILES string of the molecule is COc1c(C)cc(S(=O)(=O)NC(C)c2ccc(F)c(F)c2)cc1C. The van der Waals surface area contributed by atoms with E-state index in [4.69, 9.17) is 4.74 Å². The van der Waals surface area contributed by atoms with Gasteiger partial charge in [-0.15, -0.1) is 0 Å². The van der Waals surface area contributed by atoms with E-state index in [-0.39, 0.29) is 4.90 Å². The van der Waals surface area contributed by atoms with Crippen molar-refractivity contribution in [3.05, 3.63) is 58.7 Å². The summed E-state index contributed by atoms with van der Waals surface area (Å²) in [6.45, 7) is 5.07. The predicted molar refractivity (Wildman–Crippen MR) is 87.6 cm³/mol. The van der Waals surface area contributed by atoms with Gasteiger partial charge in [-0.25, -0.2) is 21.9 Å². The fourth-order valence-electron chi connectivity index (χ4n) is 2.54. The Kier molecular flexibility index (Phi) is 5.25. The zero-order chi connectivity index (χ0) is 18.1. The van der Waals surface area contributed by atoms with E-state index >= 15 is 0 Å². The lowest BCUT2D eigenvalue weighted by atomic mass is 10.1. The van der Waals surface area contributed by atoms with Crippen molar-refractivity contribution in [2.24, 2.45) is 0 Å². The first-order chi connectivity index (χ1) is 11.2. The largest absolute Gasteiger partial charge is 0.496 e. The van der Waals surface area contributed by atoms with Gasteiger partial charge in [0.1, 0.15) is 5.75 Å². The lowest BCUT2D eigenvalue weighted by molar-refractivity contribution is 0.408. The molecule has 0 saturated carbocycles. The molecule has 0 spiro atoms. The standard InChI is InChI=1S/C17H19F2NO3S/c1-10-7-14(8-11(2)17(10)23-4)24(21,22)20-12(3)13-5-6-15(18)16(19)9-13/h5-9,12,20H,1-4H3. The van der Waals surface area contributed by atoms with Gasteiger partial charge in [-0.1, -0.05) is 6.07 Å². The van der Waals surface area contributed by atoms with Crippen LogP contribution >= 0.6 is 0 Å². The Bertz CT molecular complexity index is 843. The van der Waals surface area contributed by atoms with E-state index in [9.17, 15) is 17.2 Å². The van der Waals surface area contributed by atoms with Crippen LogP contribution in [0.1, 0.15) is 29.7 Å². The van der Waals surface area contributed by atoms with Crippen LogP contribution in [-0.2, 0) is 10.0 Å². The van der Waals surface area contributed by atoms with Crippen molar-refractivity contribution in [2.75, 3.05) is 7.11 Å². The minimum Gasteiger partial charge on any atom is -0.496 e. The van der Waals surface area contributed by atoms with E-state index in [0.717, 1.165) is 12.1 Å². The number of ether oxygens (including phenoxy) is 1. The van der Waals surface area contributed by atoms with Crippen LogP contribution < -0.4 is 9.46 Å². The van der Waals surface area contributed by atoms with E-state index in [1.165, 1.54) is 25.3 Å². The Morgan fingerprint density at radius 1 is 1.04 bits per heavy atom. The molecule has 0 heterocycles. The van der Waals surface area contributed by atoms with Gasteiger partial charge in [0.15, 0.2) is 11.6 Å². The third-order valence-electron chi connectivity index (χ3n) is 3.72. The predicted octanol–water partition coefficient (Wildman–Crippen LogP) is 3.63. The molecule has 2 aromatic rings. The molecule has 0 amide bonds. The summed E-state index contributed by atoms with van der Waals surface area (Å²) in [6.07, 6.45) is 0. The van der Waals surface area contributed by atoms with E-state index in [0.29, 0.717) is 22.4 Å². The maximum absolute atomic E-state index is 13.3. The molecule has 4 nitrogen and oxygen atoms in total. The molecule has 1 atom stereocenters. The van der Waals surface area contributed by atoms with Gasteiger partial charge in [0.25, 0.3) is 0 Å². The van der Waals surface area contributed by atoms with E-state index < -0.39 is 27.7 Å². The summed E-state index contributed by atoms with van der Waals surface area (Å²) in [5, 5.41) is 0. The molecule has 0 radical (unpaired) electrons. The van der Waals surface area contributed by atoms with Crippen LogP contribution in [0.5, 0.6) is 5.75 Å². The first-order valence-corrected chi connectivity index (χ1v) is 8.76. The van der Waals surface area contributed by atoms with Crippen LogP contribution in [0.4, 0.5) is 8.78 Å². The van der Waals surface area contributed by atoms with Gasteiger partial charge in [0, 0.05) is 6.04 Å². The summed E-state index contributed by atoms with van der Waals surface area (Å²) in [5.41, 5.74) is 1.72. The fourth-order valence-corrected chi connectivity index (χ4v) is 3.94. The van der Waals surface area contributed by atoms with Crippen molar-refractivity contribution >= 4 is 10.0 Å². The maximum Gasteiger partial charge on any atom is 0.241 e. The molecule has 130 valence electrons. The first-order valence-electron chi connectivity index (χ1n) is 7.28. The van der Waals surface area contributed by atoms with Crippen LogP contribution in [0.15, 0.2) is 35.2 Å². The Morgan fingerprint density at radius 2 is 1.62 bits per heavy atom. The molecular weight excluding hydrogens is 336 g/mol. The lowest BCUT2D eigenvalue weighted by Gasteiger charge is -2.17. The molecule has 0 bridgehead atoms. The van der Waals surface area contributed by atoms with Crippen molar-refractivity contribution in [1.29, 1.82) is 0 Å². The molecule has 0 aliphatic rings. The molecule has 2 rings (SSSR count). The fraction of sp³-hybridized carbons (Fsp3) is 0.294. The number of aryl methyl sites for hydroxylation is 2. The highest BCUT2D eigenvalue weighted by Gasteiger charge is 2.21. The quantitative estimate of drug-likeness (QED) is 0.891. The molecule has 0 aliphatic carbocycles. The van der Waals surface area contributed by atoms with Crippen LogP contribution in [-0.4, -0.2) is 15.5 Å². The molecule has 2 aromatic carbocycles. The highest BCUT2D eigenvalue weighted by atomic mass is 32.2. The van der Waals surface area contributed by atoms with Crippen LogP contribution in [0.2, 0.25) is 0 Å². The van der Waals surface area contributed by atoms with Crippen molar-refractivity contribution < 1.29 is 21.9 Å². The summed E-state index contributed by atoms with van der Waals surface area (Å²) in [5.74, 6) is -1.37. The number of hydrogen-bond acceptors (Lipinski definition) is 3. The van der Waals surface area contributed by atoms with Crippen molar-refractivity contribution in [3.8, 4) is 5.75 Å². The smallest absolute Gasteiger partial charge is 0.241 e. The molecular formula is C17H19F2NO3S. The molecule has 0 fully saturated rings. The topological polar surface area (TPSA) is 55.4 Å². The third-order valence-corrected chi connectivity index (χ3v) is 5.24. The normalized spacial score (nSPS) is 12.9. The molecule has 1 N–H and O–H groups in total. The van der Waals surface area contributed by atoms with Gasteiger partial charge in [-0.05, 0) is 61.7 Å². The Labute approximate surface area is 140 Å². The van der Waals surface area contributed by atoms with Crippen LogP contribution in [0, 0.1) is 25.5 Å². The number of rotatable bonds is 5. The highest BCUT2D eigenvalue weighted by Crippen LogP contribution is 2.27. The maximum atomic E-state index is 13.3. The van der Waals surface area contributed by atoms with E-state index in [1.54, 1.807) is 20.8 Å². The molecule has 1 unspecified atom stereocenters. The van der Waals surface area contributed by atoms with Gasteiger partial charge in [0.2, 0.25) is 10.0 Å². The number of benzene rings is 2. The Hall–Kier alpha value is -1.99. The average molecular weight is 355 g/mol. The number of methoxy groups -OCH3 is 1. The zero-order valence-corrected chi connectivity index (χ0v) is 14.7. The second-order valence-electron chi connectivity index (χ2n) is 5.61. The summed E-state index contributed by atoms with van der Waals surface area (Å²) >= 11 is 0. The molecule has 0 aliphatic heterocycles. The number of hydrogen-bond donors (Lipinski definition) is 1. The van der Waals surface area contributed by atoms with Crippen LogP contribution in [0.25, 0.3) is 0 Å². The van der Waals surface area contributed by atoms with Gasteiger partial charge in [-0.2, -0.15) is 0 Å². The summed E-state index contributed by atoms with van der Waals surface area (Å²) in [7, 11) is -2.30. The number of halogens is 2. The Morgan fingerprint density at radius 3 is 2.12 bits per heavy atom. The third kappa shape index (κ3) is 3.73. The second-order valence-corrected chi connectivity index (χ2v) is 7.32. The van der Waals surface area contributed by atoms with Gasteiger partial charge >= 0.3 is 0 Å². The zero-order valence-electron chi connectivity index (χ0n) is 13.9. The highest BCUT2D eigenvalue weighted by molar-refractivity contribution is 7.89. The van der Waals surface area contributed by atoms with Gasteiger partial charge in [-0.3, -0.25) is 0 Å². The molecule has 0 saturated heterocycles. The monoisotopic (exact) mass is 355 g/mol. The number of sulfonamides is 1. The summed E-state index contributed by atoms with van der Waals surface area (Å²) < 4.78 is 59.1. The average Bonchev–Trinajstić information content (AvgIpc) is 2.49. The first kappa shape index (κ1) is 18.4. The molecule has 0 aromatic heterocycles. The van der Waals surface area contributed by atoms with Gasteiger partial charge in [0.05, 0.1) is 12.0 Å². The lowest BCUT2D eigenvalue weighted by Crippen LogP contribution is -2.27. The molecule has 7 heteroatoms.